The summed E-state index contributed by atoms with van der Waals surface area (Å²) in [5, 5.41) is 30.5. The van der Waals surface area contributed by atoms with Crippen molar-refractivity contribution in [2.75, 3.05) is 6.54 Å². The Balaban J connectivity index is 0.000000522. The van der Waals surface area contributed by atoms with Gasteiger partial charge in [0, 0.05) is 18.0 Å². The van der Waals surface area contributed by atoms with E-state index < -0.39 is 30.3 Å². The summed E-state index contributed by atoms with van der Waals surface area (Å²) < 4.78 is 63.5. The first kappa shape index (κ1) is 36.2. The molecular weight excluding hydrogens is 580 g/mol. The quantitative estimate of drug-likeness (QED) is 0.162. The number of hydrogen-bond donors (Lipinski definition) is 6. The lowest BCUT2D eigenvalue weighted by Crippen LogP contribution is -2.47. The van der Waals surface area contributed by atoms with Gasteiger partial charge in [0.2, 0.25) is 5.56 Å². The fraction of sp³-hybridized carbons (Fsp3) is 0.538. The summed E-state index contributed by atoms with van der Waals surface area (Å²) in [4.78, 5) is 42.8. The molecule has 1 fully saturated rings. The molecule has 2 atom stereocenters. The van der Waals surface area contributed by atoms with Crippen molar-refractivity contribution in [3.63, 3.8) is 0 Å². The van der Waals surface area contributed by atoms with Gasteiger partial charge in [0.05, 0.1) is 12.6 Å². The molecule has 0 saturated carbocycles. The number of pyridine rings is 1. The lowest BCUT2D eigenvalue weighted by atomic mass is 9.91. The predicted molar refractivity (Wildman–Crippen MR) is 137 cm³/mol. The number of nitrogens with one attached hydrogen (secondary N) is 3. The molecule has 3 heterocycles. The van der Waals surface area contributed by atoms with Gasteiger partial charge in [0.15, 0.2) is 0 Å². The van der Waals surface area contributed by atoms with E-state index in [4.69, 9.17) is 19.8 Å². The fourth-order valence-corrected chi connectivity index (χ4v) is 4.07. The third-order valence-electron chi connectivity index (χ3n) is 6.12. The molecule has 10 nitrogen and oxygen atoms in total. The number of carboxylic acids is 3. The highest BCUT2D eigenvalue weighted by Crippen LogP contribution is 2.26. The van der Waals surface area contributed by atoms with E-state index in [9.17, 15) is 41.0 Å². The van der Waals surface area contributed by atoms with Gasteiger partial charge in [-0.2, -0.15) is 26.3 Å². The zero-order valence-corrected chi connectivity index (χ0v) is 22.4. The number of piperidine rings is 1. The summed E-state index contributed by atoms with van der Waals surface area (Å²) in [5.74, 6) is -6.35. The molecule has 3 rings (SSSR count). The molecule has 2 aliphatic heterocycles. The number of unbranched alkanes of at least 4 members (excludes halogenated alkanes) is 3. The van der Waals surface area contributed by atoms with Crippen molar-refractivity contribution >= 4 is 17.9 Å². The van der Waals surface area contributed by atoms with Gasteiger partial charge < -0.3 is 25.6 Å². The van der Waals surface area contributed by atoms with Gasteiger partial charge in [-0.15, -0.1) is 0 Å². The van der Waals surface area contributed by atoms with E-state index in [1.807, 2.05) is 0 Å². The molecule has 236 valence electrons. The summed E-state index contributed by atoms with van der Waals surface area (Å²) in [6, 6.07) is 3.21. The van der Waals surface area contributed by atoms with Crippen molar-refractivity contribution in [3.8, 4) is 0 Å². The van der Waals surface area contributed by atoms with Gasteiger partial charge >= 0.3 is 30.3 Å². The Bertz CT molecular complexity index is 1120. The van der Waals surface area contributed by atoms with Crippen LogP contribution in [0.3, 0.4) is 0 Å². The zero-order chi connectivity index (χ0) is 31.9. The first-order valence-corrected chi connectivity index (χ1v) is 12.9. The number of H-pyrrole nitrogens is 1. The number of aromatic nitrogens is 1. The highest BCUT2D eigenvalue weighted by Gasteiger charge is 2.38. The number of fused-ring (bicyclic) bond motifs is 1. The van der Waals surface area contributed by atoms with Crippen LogP contribution < -0.4 is 16.2 Å². The van der Waals surface area contributed by atoms with Gasteiger partial charge in [-0.05, 0) is 61.8 Å². The monoisotopic (exact) mass is 613 g/mol. The van der Waals surface area contributed by atoms with E-state index >= 15 is 0 Å². The summed E-state index contributed by atoms with van der Waals surface area (Å²) in [5.41, 5.74) is 3.51. The predicted octanol–water partition coefficient (Wildman–Crippen LogP) is 4.66. The van der Waals surface area contributed by atoms with E-state index in [0.717, 1.165) is 50.6 Å². The standard InChI is InChI=1S/C22H31N3O3.2C2HF3O2/c26-20-12-10-18(15-24-20)17(14-21(27)28)6-3-1-2-4-8-19-11-9-16-7-5-13-23-22(16)25-19;2*3-2(4,5)1(6)7/h9-12,15,17,22-23,25H,1-8,13-14H2,(H,24,26)(H,27,28);2*(H,6,7). The van der Waals surface area contributed by atoms with Crippen molar-refractivity contribution in [2.24, 2.45) is 0 Å². The van der Waals surface area contributed by atoms with Gasteiger partial charge in [-0.1, -0.05) is 31.4 Å². The van der Waals surface area contributed by atoms with Gasteiger partial charge in [0.1, 0.15) is 0 Å². The van der Waals surface area contributed by atoms with Crippen LogP contribution in [0.5, 0.6) is 0 Å². The summed E-state index contributed by atoms with van der Waals surface area (Å²) >= 11 is 0. The van der Waals surface area contributed by atoms with E-state index in [1.165, 1.54) is 30.2 Å². The second kappa shape index (κ2) is 17.2. The number of aliphatic carboxylic acids is 3. The molecule has 2 aliphatic rings. The Morgan fingerprint density at radius 1 is 0.905 bits per heavy atom. The smallest absolute Gasteiger partial charge is 0.481 e. The molecule has 2 unspecified atom stereocenters. The topological polar surface area (TPSA) is 169 Å². The van der Waals surface area contributed by atoms with Crippen LogP contribution in [0, 0.1) is 0 Å². The number of dihydropyridines is 1. The second-order valence-electron chi connectivity index (χ2n) is 9.41. The van der Waals surface area contributed by atoms with Gasteiger partial charge in [-0.3, -0.25) is 14.9 Å². The Morgan fingerprint density at radius 2 is 1.50 bits per heavy atom. The third-order valence-corrected chi connectivity index (χ3v) is 6.12. The van der Waals surface area contributed by atoms with Gasteiger partial charge in [0.25, 0.3) is 0 Å². The fourth-order valence-electron chi connectivity index (χ4n) is 4.07. The molecule has 1 saturated heterocycles. The Labute approximate surface area is 236 Å². The molecule has 6 N–H and O–H groups in total. The molecule has 1 aromatic rings. The molecule has 0 radical (unpaired) electrons. The first-order valence-electron chi connectivity index (χ1n) is 12.9. The van der Waals surface area contributed by atoms with Crippen molar-refractivity contribution in [3.05, 3.63) is 57.7 Å². The number of halogens is 6. The van der Waals surface area contributed by atoms with Gasteiger partial charge in [-0.25, -0.2) is 9.59 Å². The van der Waals surface area contributed by atoms with Crippen LogP contribution in [0.4, 0.5) is 26.3 Å². The van der Waals surface area contributed by atoms with Crippen LogP contribution in [0.15, 0.2) is 46.5 Å². The Morgan fingerprint density at radius 3 is 2.02 bits per heavy atom. The van der Waals surface area contributed by atoms with Crippen LogP contribution in [0.25, 0.3) is 0 Å². The largest absolute Gasteiger partial charge is 0.490 e. The zero-order valence-electron chi connectivity index (χ0n) is 22.4. The number of rotatable bonds is 10. The SMILES string of the molecule is O=C(O)C(F)(F)F.O=C(O)C(F)(F)F.O=C(O)CC(CCCCCCC1=CC=C2CCCNC2N1)c1ccc(=O)[nH]c1. The lowest BCUT2D eigenvalue weighted by Gasteiger charge is -2.32. The molecule has 0 spiro atoms. The third kappa shape index (κ3) is 14.7. The lowest BCUT2D eigenvalue weighted by molar-refractivity contribution is -0.193. The van der Waals surface area contributed by atoms with Crippen LogP contribution in [0.2, 0.25) is 0 Å². The molecule has 0 aliphatic carbocycles. The Hall–Kier alpha value is -3.82. The van der Waals surface area contributed by atoms with Crippen molar-refractivity contribution in [1.29, 1.82) is 0 Å². The van der Waals surface area contributed by atoms with Crippen molar-refractivity contribution in [2.45, 2.75) is 82.2 Å². The summed E-state index contributed by atoms with van der Waals surface area (Å²) in [6.07, 6.45) is 5.05. The minimum Gasteiger partial charge on any atom is -0.481 e. The average Bonchev–Trinajstić information content (AvgIpc) is 2.89. The highest BCUT2D eigenvalue weighted by atomic mass is 19.4. The van der Waals surface area contributed by atoms with Crippen LogP contribution in [-0.2, 0) is 14.4 Å². The molecule has 0 aromatic carbocycles. The molecule has 0 amide bonds. The van der Waals surface area contributed by atoms with E-state index in [2.05, 4.69) is 27.8 Å². The van der Waals surface area contributed by atoms with E-state index in [-0.39, 0.29) is 17.9 Å². The average molecular weight is 614 g/mol. The molecule has 1 aromatic heterocycles. The first-order chi connectivity index (χ1) is 19.5. The molecule has 0 bridgehead atoms. The van der Waals surface area contributed by atoms with Crippen LogP contribution in [0.1, 0.15) is 69.3 Å². The van der Waals surface area contributed by atoms with E-state index in [0.29, 0.717) is 6.17 Å². The minimum atomic E-state index is -5.08. The number of hydrogen-bond acceptors (Lipinski definition) is 6. The second-order valence-corrected chi connectivity index (χ2v) is 9.41. The van der Waals surface area contributed by atoms with E-state index in [1.54, 1.807) is 12.3 Å². The maximum atomic E-state index is 11.2. The summed E-state index contributed by atoms with van der Waals surface area (Å²) in [6.45, 7) is 1.08. The molecular formula is C26H33F6N3O7. The van der Waals surface area contributed by atoms with Crippen molar-refractivity contribution in [1.82, 2.24) is 15.6 Å². The number of allylic oxidation sites excluding steroid dienone is 3. The number of alkyl halides is 6. The number of carbonyl (C=O) groups is 3. The molecule has 16 heteroatoms. The molecule has 42 heavy (non-hydrogen) atoms. The maximum absolute atomic E-state index is 11.2. The normalized spacial score (nSPS) is 17.0. The minimum absolute atomic E-state index is 0.0435. The van der Waals surface area contributed by atoms with Crippen molar-refractivity contribution < 1.29 is 56.0 Å². The van der Waals surface area contributed by atoms with Crippen LogP contribution in [-0.4, -0.2) is 63.3 Å². The van der Waals surface area contributed by atoms with Crippen LogP contribution >= 0.6 is 0 Å². The number of carboxylic acid groups (broad SMARTS) is 3. The number of aromatic amines is 1. The Kier molecular flexibility index (Phi) is 14.8. The maximum Gasteiger partial charge on any atom is 0.490 e. The summed E-state index contributed by atoms with van der Waals surface area (Å²) in [7, 11) is 0. The highest BCUT2D eigenvalue weighted by molar-refractivity contribution is 5.73.